The Bertz CT molecular complexity index is 808. The van der Waals surface area contributed by atoms with Crippen LogP contribution in [-0.4, -0.2) is 48.9 Å². The normalized spacial score (nSPS) is 46.7. The monoisotopic (exact) mass is 490 g/mol. The van der Waals surface area contributed by atoms with Crippen LogP contribution in [-0.2, 0) is 28.6 Å². The molecule has 196 valence electrons. The third kappa shape index (κ3) is 4.40. The summed E-state index contributed by atoms with van der Waals surface area (Å²) >= 11 is 0. The van der Waals surface area contributed by atoms with Crippen LogP contribution in [0.2, 0.25) is 0 Å². The molecule has 0 amide bonds. The van der Waals surface area contributed by atoms with Gasteiger partial charge in [0.25, 0.3) is 0 Å². The molecule has 1 N–H and O–H groups in total. The molecule has 0 radical (unpaired) electrons. The maximum absolute atomic E-state index is 12.7. The zero-order valence-corrected chi connectivity index (χ0v) is 21.4. The Balaban J connectivity index is 0.000000175. The van der Waals surface area contributed by atoms with Crippen molar-refractivity contribution in [1.29, 1.82) is 0 Å². The lowest BCUT2D eigenvalue weighted by molar-refractivity contribution is -0.172. The highest BCUT2D eigenvalue weighted by atomic mass is 16.6. The Labute approximate surface area is 208 Å². The van der Waals surface area contributed by atoms with Crippen molar-refractivity contribution in [2.75, 3.05) is 19.8 Å². The second kappa shape index (κ2) is 10.0. The lowest BCUT2D eigenvalue weighted by Crippen LogP contribution is -2.43. The number of rotatable bonds is 5. The van der Waals surface area contributed by atoms with E-state index in [4.69, 9.17) is 19.3 Å². The SMILES string of the molecule is CCOC(=O)C1C2CC(C(C)C2C)C1C(=O)OC1CCOC1=O.OCC1CC2C3CCC(C3)C2C1. The van der Waals surface area contributed by atoms with Gasteiger partial charge in [0.2, 0.25) is 6.10 Å². The Hall–Kier alpha value is -1.63. The molecule has 0 spiro atoms. The summed E-state index contributed by atoms with van der Waals surface area (Å²) in [6, 6.07) is 0. The summed E-state index contributed by atoms with van der Waals surface area (Å²) in [5.74, 6) is 3.68. The molecule has 11 unspecified atom stereocenters. The molecule has 0 aromatic carbocycles. The number of fused-ring (bicyclic) bond motifs is 7. The zero-order valence-electron chi connectivity index (χ0n) is 21.4. The van der Waals surface area contributed by atoms with Crippen molar-refractivity contribution >= 4 is 17.9 Å². The van der Waals surface area contributed by atoms with Gasteiger partial charge in [-0.2, -0.15) is 0 Å². The largest absolute Gasteiger partial charge is 0.466 e. The van der Waals surface area contributed by atoms with Crippen LogP contribution in [0.15, 0.2) is 0 Å². The first-order valence-electron chi connectivity index (χ1n) is 14.0. The number of carbonyl (C=O) groups excluding carboxylic acids is 3. The van der Waals surface area contributed by atoms with Crippen molar-refractivity contribution in [2.24, 2.45) is 65.1 Å². The number of aliphatic hydroxyl groups excluding tert-OH is 1. The molecule has 7 nitrogen and oxygen atoms in total. The van der Waals surface area contributed by atoms with Crippen molar-refractivity contribution in [3.8, 4) is 0 Å². The van der Waals surface area contributed by atoms with Crippen molar-refractivity contribution in [2.45, 2.75) is 71.8 Å². The van der Waals surface area contributed by atoms with Crippen LogP contribution in [0.5, 0.6) is 0 Å². The second-order valence-electron chi connectivity index (χ2n) is 12.1. The fourth-order valence-corrected chi connectivity index (χ4v) is 8.97. The molecular formula is C28H42O7. The number of esters is 3. The van der Waals surface area contributed by atoms with Crippen LogP contribution in [0.1, 0.15) is 65.7 Å². The summed E-state index contributed by atoms with van der Waals surface area (Å²) in [5.41, 5.74) is 0. The van der Waals surface area contributed by atoms with Gasteiger partial charge in [-0.05, 0) is 98.7 Å². The minimum atomic E-state index is -0.822. The average molecular weight is 491 g/mol. The van der Waals surface area contributed by atoms with Crippen LogP contribution < -0.4 is 0 Å². The predicted octanol–water partition coefficient (Wildman–Crippen LogP) is 3.61. The van der Waals surface area contributed by atoms with Crippen LogP contribution >= 0.6 is 0 Å². The van der Waals surface area contributed by atoms with Gasteiger partial charge in [-0.15, -0.1) is 0 Å². The van der Waals surface area contributed by atoms with E-state index in [2.05, 4.69) is 13.8 Å². The van der Waals surface area contributed by atoms with Crippen LogP contribution in [0.25, 0.3) is 0 Å². The highest BCUT2D eigenvalue weighted by Gasteiger charge is 2.61. The summed E-state index contributed by atoms with van der Waals surface area (Å²) in [6.07, 6.45) is 7.66. The third-order valence-electron chi connectivity index (χ3n) is 10.8. The smallest absolute Gasteiger partial charge is 0.347 e. The molecule has 6 aliphatic rings. The lowest BCUT2D eigenvalue weighted by atomic mass is 9.69. The van der Waals surface area contributed by atoms with Crippen LogP contribution in [0, 0.1) is 65.1 Å². The fourth-order valence-electron chi connectivity index (χ4n) is 8.97. The molecule has 6 fully saturated rings. The van der Waals surface area contributed by atoms with Crippen molar-refractivity contribution in [3.63, 3.8) is 0 Å². The number of cyclic esters (lactones) is 1. The zero-order chi connectivity index (χ0) is 24.9. The van der Waals surface area contributed by atoms with Gasteiger partial charge in [0.15, 0.2) is 0 Å². The number of ether oxygens (including phenoxy) is 3. The van der Waals surface area contributed by atoms with Gasteiger partial charge in [-0.3, -0.25) is 9.59 Å². The van der Waals surface area contributed by atoms with Gasteiger partial charge < -0.3 is 19.3 Å². The van der Waals surface area contributed by atoms with E-state index in [1.54, 1.807) is 6.92 Å². The van der Waals surface area contributed by atoms with E-state index in [9.17, 15) is 14.4 Å². The van der Waals surface area contributed by atoms with Gasteiger partial charge >= 0.3 is 17.9 Å². The van der Waals surface area contributed by atoms with Gasteiger partial charge in [-0.1, -0.05) is 13.8 Å². The van der Waals surface area contributed by atoms with Gasteiger partial charge in [0.05, 0.1) is 25.0 Å². The van der Waals surface area contributed by atoms with E-state index in [0.717, 1.165) is 30.1 Å². The third-order valence-corrected chi connectivity index (χ3v) is 10.8. The van der Waals surface area contributed by atoms with Gasteiger partial charge in [0.1, 0.15) is 0 Å². The molecule has 0 aromatic heterocycles. The molecule has 11 atom stereocenters. The number of hydrogen-bond donors (Lipinski definition) is 1. The number of aliphatic hydroxyl groups is 1. The molecule has 4 bridgehead atoms. The summed E-state index contributed by atoms with van der Waals surface area (Å²) < 4.78 is 15.4. The molecule has 1 saturated heterocycles. The average Bonchev–Trinajstić information content (AvgIpc) is 3.66. The van der Waals surface area contributed by atoms with E-state index in [0.29, 0.717) is 37.4 Å². The summed E-state index contributed by atoms with van der Waals surface area (Å²) in [7, 11) is 0. The van der Waals surface area contributed by atoms with E-state index in [-0.39, 0.29) is 24.4 Å². The maximum Gasteiger partial charge on any atom is 0.347 e. The molecule has 1 aliphatic heterocycles. The van der Waals surface area contributed by atoms with Crippen molar-refractivity contribution < 1.29 is 33.7 Å². The number of hydrogen-bond acceptors (Lipinski definition) is 7. The minimum Gasteiger partial charge on any atom is -0.466 e. The molecule has 0 aromatic rings. The maximum atomic E-state index is 12.7. The minimum absolute atomic E-state index is 0.120. The highest BCUT2D eigenvalue weighted by molar-refractivity contribution is 5.86. The Morgan fingerprint density at radius 1 is 0.886 bits per heavy atom. The first-order chi connectivity index (χ1) is 16.8. The van der Waals surface area contributed by atoms with Crippen LogP contribution in [0.4, 0.5) is 0 Å². The molecule has 7 heteroatoms. The summed E-state index contributed by atoms with van der Waals surface area (Å²) in [6.45, 7) is 7.05. The second-order valence-corrected chi connectivity index (χ2v) is 12.1. The summed E-state index contributed by atoms with van der Waals surface area (Å²) in [4.78, 5) is 36.6. The Kier molecular flexibility index (Phi) is 7.17. The van der Waals surface area contributed by atoms with E-state index in [1.807, 2.05) is 0 Å². The summed E-state index contributed by atoms with van der Waals surface area (Å²) in [5, 5.41) is 9.11. The van der Waals surface area contributed by atoms with E-state index in [1.165, 1.54) is 32.1 Å². The van der Waals surface area contributed by atoms with Gasteiger partial charge in [0, 0.05) is 13.0 Å². The van der Waals surface area contributed by atoms with Crippen molar-refractivity contribution in [3.05, 3.63) is 0 Å². The van der Waals surface area contributed by atoms with E-state index >= 15 is 0 Å². The quantitative estimate of drug-likeness (QED) is 0.464. The Morgan fingerprint density at radius 2 is 1.49 bits per heavy atom. The molecule has 35 heavy (non-hydrogen) atoms. The first kappa shape index (κ1) is 25.0. The standard InChI is InChI=1S/C17H24O6.C11H18O/c1-4-21-16(19)13-10-7-11(9(3)8(10)2)14(13)17(20)23-12-5-6-22-15(12)18;12-6-7-3-10-8-1-2-9(5-8)11(10)4-7/h8-14H,4-7H2,1-3H3;7-12H,1-6H2. The van der Waals surface area contributed by atoms with Crippen molar-refractivity contribution in [1.82, 2.24) is 0 Å². The lowest BCUT2D eigenvalue weighted by Gasteiger charge is -2.35. The first-order valence-corrected chi connectivity index (χ1v) is 14.0. The van der Waals surface area contributed by atoms with Gasteiger partial charge in [-0.25, -0.2) is 4.79 Å². The molecule has 1 heterocycles. The topological polar surface area (TPSA) is 99.1 Å². The Morgan fingerprint density at radius 3 is 2.00 bits per heavy atom. The number of carbonyl (C=O) groups is 3. The van der Waals surface area contributed by atoms with E-state index < -0.39 is 29.9 Å². The fraction of sp³-hybridized carbons (Fsp3) is 0.893. The predicted molar refractivity (Wildman–Crippen MR) is 127 cm³/mol. The molecule has 5 saturated carbocycles. The molecular weight excluding hydrogens is 448 g/mol. The molecule has 6 rings (SSSR count). The highest BCUT2D eigenvalue weighted by Crippen LogP contribution is 2.60. The van der Waals surface area contributed by atoms with Crippen LogP contribution in [0.3, 0.4) is 0 Å². The molecule has 5 aliphatic carbocycles.